The van der Waals surface area contributed by atoms with E-state index in [0.29, 0.717) is 0 Å². The lowest BCUT2D eigenvalue weighted by atomic mass is 10.1. The Hall–Kier alpha value is -0.0800. The summed E-state index contributed by atoms with van der Waals surface area (Å²) in [5.74, 6) is 0. The Morgan fingerprint density at radius 2 is 0.944 bits per heavy atom. The fraction of sp³-hybridized carbons (Fsp3) is 1.00. The van der Waals surface area contributed by atoms with Gasteiger partial charge in [0.2, 0.25) is 0 Å². The van der Waals surface area contributed by atoms with Crippen molar-refractivity contribution in [2.24, 2.45) is 0 Å². The van der Waals surface area contributed by atoms with Gasteiger partial charge in [0.05, 0.1) is 6.61 Å². The molecule has 18 heavy (non-hydrogen) atoms. The summed E-state index contributed by atoms with van der Waals surface area (Å²) < 4.78 is 5.62. The molecular weight excluding hydrogens is 222 g/mol. The molecule has 0 aromatic rings. The van der Waals surface area contributed by atoms with Crippen molar-refractivity contribution in [1.82, 2.24) is 5.32 Å². The van der Waals surface area contributed by atoms with Crippen LogP contribution < -0.4 is 5.32 Å². The summed E-state index contributed by atoms with van der Waals surface area (Å²) in [7, 11) is 0. The SMILES string of the molecule is C1CCCCCCCOCCNCCCCCC1. The molecule has 0 unspecified atom stereocenters. The van der Waals surface area contributed by atoms with Gasteiger partial charge in [0, 0.05) is 13.2 Å². The molecule has 1 fully saturated rings. The van der Waals surface area contributed by atoms with E-state index in [4.69, 9.17) is 4.74 Å². The molecule has 1 rings (SSSR count). The first-order chi connectivity index (χ1) is 9.00. The molecule has 0 aliphatic carbocycles. The van der Waals surface area contributed by atoms with E-state index in [0.717, 1.165) is 19.8 Å². The van der Waals surface area contributed by atoms with Crippen molar-refractivity contribution in [2.45, 2.75) is 77.0 Å². The van der Waals surface area contributed by atoms with Crippen molar-refractivity contribution >= 4 is 0 Å². The molecule has 1 aliphatic heterocycles. The van der Waals surface area contributed by atoms with Crippen LogP contribution >= 0.6 is 0 Å². The highest BCUT2D eigenvalue weighted by atomic mass is 16.5. The highest BCUT2D eigenvalue weighted by Gasteiger charge is 1.95. The molecule has 0 aromatic carbocycles. The van der Waals surface area contributed by atoms with Gasteiger partial charge >= 0.3 is 0 Å². The molecule has 0 bridgehead atoms. The van der Waals surface area contributed by atoms with Crippen molar-refractivity contribution in [3.8, 4) is 0 Å². The molecule has 0 amide bonds. The summed E-state index contributed by atoms with van der Waals surface area (Å²) in [5, 5.41) is 3.46. The maximum atomic E-state index is 5.62. The molecule has 1 heterocycles. The summed E-state index contributed by atoms with van der Waals surface area (Å²) in [5.41, 5.74) is 0. The fourth-order valence-electron chi connectivity index (χ4n) is 2.59. The zero-order valence-electron chi connectivity index (χ0n) is 12.2. The minimum atomic E-state index is 0.889. The smallest absolute Gasteiger partial charge is 0.0590 e. The summed E-state index contributed by atoms with van der Waals surface area (Å²) in [6.07, 6.45) is 16.9. The van der Waals surface area contributed by atoms with E-state index in [2.05, 4.69) is 5.32 Å². The van der Waals surface area contributed by atoms with E-state index in [-0.39, 0.29) is 0 Å². The van der Waals surface area contributed by atoms with E-state index < -0.39 is 0 Å². The zero-order valence-corrected chi connectivity index (χ0v) is 12.2. The number of hydrogen-bond acceptors (Lipinski definition) is 2. The normalized spacial score (nSPS) is 24.0. The molecule has 0 aromatic heterocycles. The molecule has 2 nitrogen and oxygen atoms in total. The van der Waals surface area contributed by atoms with E-state index in [9.17, 15) is 0 Å². The quantitative estimate of drug-likeness (QED) is 0.697. The third-order valence-corrected chi connectivity index (χ3v) is 3.82. The first-order valence-corrected chi connectivity index (χ1v) is 8.28. The van der Waals surface area contributed by atoms with Gasteiger partial charge in [-0.2, -0.15) is 0 Å². The molecule has 108 valence electrons. The van der Waals surface area contributed by atoms with Gasteiger partial charge in [0.15, 0.2) is 0 Å². The summed E-state index contributed by atoms with van der Waals surface area (Å²) in [6.45, 7) is 4.05. The first kappa shape index (κ1) is 16.0. The maximum Gasteiger partial charge on any atom is 0.0590 e. The third-order valence-electron chi connectivity index (χ3n) is 3.82. The predicted molar refractivity (Wildman–Crippen MR) is 79.1 cm³/mol. The first-order valence-electron chi connectivity index (χ1n) is 8.28. The van der Waals surface area contributed by atoms with Crippen LogP contribution in [0.15, 0.2) is 0 Å². The Morgan fingerprint density at radius 3 is 1.56 bits per heavy atom. The van der Waals surface area contributed by atoms with Gasteiger partial charge < -0.3 is 10.1 Å². The Kier molecular flexibility index (Phi) is 11.9. The van der Waals surface area contributed by atoms with Crippen molar-refractivity contribution in [3.05, 3.63) is 0 Å². The lowest BCUT2D eigenvalue weighted by molar-refractivity contribution is 0.131. The average Bonchev–Trinajstić information content (AvgIpc) is 2.39. The van der Waals surface area contributed by atoms with Crippen LogP contribution in [0.5, 0.6) is 0 Å². The van der Waals surface area contributed by atoms with Crippen molar-refractivity contribution in [2.75, 3.05) is 26.3 Å². The van der Waals surface area contributed by atoms with Gasteiger partial charge in [-0.15, -0.1) is 0 Å². The van der Waals surface area contributed by atoms with Gasteiger partial charge in [-0.1, -0.05) is 64.2 Å². The van der Waals surface area contributed by atoms with Gasteiger partial charge in [-0.05, 0) is 19.4 Å². The molecule has 1 aliphatic rings. The van der Waals surface area contributed by atoms with Gasteiger partial charge in [-0.25, -0.2) is 0 Å². The molecule has 2 heteroatoms. The number of rotatable bonds is 0. The third kappa shape index (κ3) is 11.0. The Bertz CT molecular complexity index is 86.1. The molecule has 1 N–H and O–H groups in total. The summed E-state index contributed by atoms with van der Waals surface area (Å²) in [6, 6.07) is 0. The molecule has 0 saturated carbocycles. The van der Waals surface area contributed by atoms with Gasteiger partial charge in [0.25, 0.3) is 0 Å². The lowest BCUT2D eigenvalue weighted by Gasteiger charge is -2.07. The molecule has 1 saturated heterocycles. The minimum Gasteiger partial charge on any atom is -0.380 e. The van der Waals surface area contributed by atoms with Crippen LogP contribution in [0.25, 0.3) is 0 Å². The summed E-state index contributed by atoms with van der Waals surface area (Å²) in [4.78, 5) is 0. The van der Waals surface area contributed by atoms with Crippen LogP contribution in [0.3, 0.4) is 0 Å². The standard InChI is InChI=1S/C16H33NO/c1-2-4-6-8-10-12-15-18-16-14-17-13-11-9-7-5-3-1/h17H,1-16H2. The van der Waals surface area contributed by atoms with Crippen molar-refractivity contribution in [1.29, 1.82) is 0 Å². The van der Waals surface area contributed by atoms with Crippen LogP contribution in [-0.2, 0) is 4.74 Å². The van der Waals surface area contributed by atoms with E-state index in [1.54, 1.807) is 0 Å². The van der Waals surface area contributed by atoms with Crippen LogP contribution in [0, 0.1) is 0 Å². The molecule has 0 spiro atoms. The molecule has 0 radical (unpaired) electrons. The second-order valence-corrected chi connectivity index (χ2v) is 5.61. The number of hydrogen-bond donors (Lipinski definition) is 1. The van der Waals surface area contributed by atoms with Crippen LogP contribution in [0.2, 0.25) is 0 Å². The zero-order chi connectivity index (χ0) is 12.7. The fourth-order valence-corrected chi connectivity index (χ4v) is 2.59. The lowest BCUT2D eigenvalue weighted by Crippen LogP contribution is -2.21. The Morgan fingerprint density at radius 1 is 0.444 bits per heavy atom. The second kappa shape index (κ2) is 13.4. The van der Waals surface area contributed by atoms with Gasteiger partial charge in [-0.3, -0.25) is 0 Å². The van der Waals surface area contributed by atoms with Crippen molar-refractivity contribution in [3.63, 3.8) is 0 Å². The highest BCUT2D eigenvalue weighted by molar-refractivity contribution is 4.52. The Labute approximate surface area is 114 Å². The molecule has 0 atom stereocenters. The van der Waals surface area contributed by atoms with Crippen LogP contribution in [0.1, 0.15) is 77.0 Å². The number of ether oxygens (including phenoxy) is 1. The number of nitrogens with one attached hydrogen (secondary N) is 1. The van der Waals surface area contributed by atoms with Crippen molar-refractivity contribution < 1.29 is 4.74 Å². The van der Waals surface area contributed by atoms with E-state index in [1.807, 2.05) is 0 Å². The minimum absolute atomic E-state index is 0.889. The monoisotopic (exact) mass is 255 g/mol. The van der Waals surface area contributed by atoms with Crippen LogP contribution in [0.4, 0.5) is 0 Å². The maximum absolute atomic E-state index is 5.62. The summed E-state index contributed by atoms with van der Waals surface area (Å²) >= 11 is 0. The van der Waals surface area contributed by atoms with Crippen LogP contribution in [-0.4, -0.2) is 26.3 Å². The highest BCUT2D eigenvalue weighted by Crippen LogP contribution is 2.11. The van der Waals surface area contributed by atoms with E-state index >= 15 is 0 Å². The predicted octanol–water partition coefficient (Wildman–Crippen LogP) is 4.29. The molecular formula is C16H33NO. The topological polar surface area (TPSA) is 21.3 Å². The average molecular weight is 255 g/mol. The van der Waals surface area contributed by atoms with E-state index in [1.165, 1.54) is 83.6 Å². The Balaban J connectivity index is 2.00. The second-order valence-electron chi connectivity index (χ2n) is 5.61. The largest absolute Gasteiger partial charge is 0.380 e. The van der Waals surface area contributed by atoms with Gasteiger partial charge in [0.1, 0.15) is 0 Å².